The third-order valence-electron chi connectivity index (χ3n) is 4.66. The molecule has 1 N–H and O–H groups in total. The van der Waals surface area contributed by atoms with Crippen LogP contribution in [-0.4, -0.2) is 72.3 Å². The number of thiophene rings is 1. The molecule has 0 spiro atoms. The number of halogens is 1. The van der Waals surface area contributed by atoms with Crippen LogP contribution in [0.3, 0.4) is 0 Å². The standard InChI is InChI=1S/C20H23ClN4O3S/c1-23(19(27)17-7-3-12-29-17)14-18(26)24-8-4-9-25(11-10-24)20(28)22-16-6-2-5-15(21)13-16/h2-3,5-7,12-13H,4,8-11,14H2,1H3,(H,22,28). The molecule has 3 rings (SSSR count). The fraction of sp³-hybridized carbons (Fsp3) is 0.350. The molecule has 9 heteroatoms. The lowest BCUT2D eigenvalue weighted by atomic mass is 10.3. The monoisotopic (exact) mass is 434 g/mol. The van der Waals surface area contributed by atoms with Crippen molar-refractivity contribution in [1.82, 2.24) is 14.7 Å². The molecule has 0 saturated carbocycles. The van der Waals surface area contributed by atoms with Gasteiger partial charge in [0.15, 0.2) is 0 Å². The Labute approximate surface area is 178 Å². The van der Waals surface area contributed by atoms with E-state index in [-0.39, 0.29) is 24.4 Å². The molecule has 1 aromatic heterocycles. The highest BCUT2D eigenvalue weighted by Crippen LogP contribution is 2.16. The fourth-order valence-electron chi connectivity index (χ4n) is 3.10. The van der Waals surface area contributed by atoms with Gasteiger partial charge in [0.1, 0.15) is 0 Å². The van der Waals surface area contributed by atoms with Gasteiger partial charge in [-0.1, -0.05) is 23.7 Å². The first-order valence-corrected chi connectivity index (χ1v) is 10.6. The van der Waals surface area contributed by atoms with Crippen LogP contribution in [-0.2, 0) is 4.79 Å². The molecule has 0 bridgehead atoms. The van der Waals surface area contributed by atoms with E-state index in [4.69, 9.17) is 11.6 Å². The lowest BCUT2D eigenvalue weighted by molar-refractivity contribution is -0.131. The van der Waals surface area contributed by atoms with Crippen molar-refractivity contribution >= 4 is 46.5 Å². The van der Waals surface area contributed by atoms with Crippen molar-refractivity contribution < 1.29 is 14.4 Å². The van der Waals surface area contributed by atoms with Gasteiger partial charge in [0.05, 0.1) is 11.4 Å². The quantitative estimate of drug-likeness (QED) is 0.802. The van der Waals surface area contributed by atoms with E-state index in [0.29, 0.717) is 48.2 Å². The van der Waals surface area contributed by atoms with Crippen LogP contribution in [0.5, 0.6) is 0 Å². The molecule has 154 valence electrons. The molecule has 7 nitrogen and oxygen atoms in total. The molecule has 0 aliphatic carbocycles. The summed E-state index contributed by atoms with van der Waals surface area (Å²) in [7, 11) is 1.63. The summed E-state index contributed by atoms with van der Waals surface area (Å²) in [4.78, 5) is 42.9. The Morgan fingerprint density at radius 1 is 1.10 bits per heavy atom. The topological polar surface area (TPSA) is 73.0 Å². The van der Waals surface area contributed by atoms with Crippen molar-refractivity contribution in [3.05, 3.63) is 51.7 Å². The Morgan fingerprint density at radius 2 is 1.86 bits per heavy atom. The summed E-state index contributed by atoms with van der Waals surface area (Å²) in [5.74, 6) is -0.278. The lowest BCUT2D eigenvalue weighted by Gasteiger charge is -2.24. The summed E-state index contributed by atoms with van der Waals surface area (Å²) in [6, 6.07) is 10.3. The second-order valence-corrected chi connectivity index (χ2v) is 8.18. The van der Waals surface area contributed by atoms with E-state index in [1.165, 1.54) is 16.2 Å². The largest absolute Gasteiger partial charge is 0.339 e. The first kappa shape index (κ1) is 21.1. The number of amides is 4. The van der Waals surface area contributed by atoms with Crippen LogP contribution in [0.4, 0.5) is 10.5 Å². The highest BCUT2D eigenvalue weighted by Gasteiger charge is 2.24. The molecule has 0 atom stereocenters. The Bertz CT molecular complexity index is 874. The maximum Gasteiger partial charge on any atom is 0.321 e. The Morgan fingerprint density at radius 3 is 2.59 bits per heavy atom. The molecule has 29 heavy (non-hydrogen) atoms. The summed E-state index contributed by atoms with van der Waals surface area (Å²) in [5, 5.41) is 5.22. The number of urea groups is 1. The van der Waals surface area contributed by atoms with Crippen LogP contribution in [0.15, 0.2) is 41.8 Å². The maximum atomic E-state index is 12.6. The molecule has 2 heterocycles. The SMILES string of the molecule is CN(CC(=O)N1CCCN(C(=O)Nc2cccc(Cl)c2)CC1)C(=O)c1cccs1. The van der Waals surface area contributed by atoms with Gasteiger partial charge in [-0.2, -0.15) is 0 Å². The van der Waals surface area contributed by atoms with Crippen molar-refractivity contribution in [1.29, 1.82) is 0 Å². The third kappa shape index (κ3) is 5.71. The van der Waals surface area contributed by atoms with Gasteiger partial charge in [0, 0.05) is 43.9 Å². The average molecular weight is 435 g/mol. The number of hydrogen-bond donors (Lipinski definition) is 1. The molecule has 4 amide bonds. The molecule has 1 aromatic carbocycles. The predicted molar refractivity (Wildman–Crippen MR) is 115 cm³/mol. The van der Waals surface area contributed by atoms with Crippen LogP contribution >= 0.6 is 22.9 Å². The van der Waals surface area contributed by atoms with Gasteiger partial charge in [0.2, 0.25) is 5.91 Å². The van der Waals surface area contributed by atoms with Crippen molar-refractivity contribution in [2.45, 2.75) is 6.42 Å². The van der Waals surface area contributed by atoms with Gasteiger partial charge >= 0.3 is 6.03 Å². The van der Waals surface area contributed by atoms with E-state index < -0.39 is 0 Å². The average Bonchev–Trinajstić information content (AvgIpc) is 3.11. The van der Waals surface area contributed by atoms with Crippen LogP contribution in [0, 0.1) is 0 Å². The van der Waals surface area contributed by atoms with Crippen LogP contribution < -0.4 is 5.32 Å². The van der Waals surface area contributed by atoms with E-state index in [0.717, 1.165) is 0 Å². The summed E-state index contributed by atoms with van der Waals surface area (Å²) in [6.45, 7) is 2.00. The van der Waals surface area contributed by atoms with E-state index in [1.807, 2.05) is 11.4 Å². The Balaban J connectivity index is 1.51. The second kappa shape index (κ2) is 9.76. The molecule has 1 aliphatic heterocycles. The van der Waals surface area contributed by atoms with Gasteiger partial charge in [-0.05, 0) is 36.1 Å². The molecule has 1 fully saturated rings. The van der Waals surface area contributed by atoms with Crippen molar-refractivity contribution in [2.24, 2.45) is 0 Å². The molecule has 2 aromatic rings. The van der Waals surface area contributed by atoms with E-state index >= 15 is 0 Å². The number of anilines is 1. The molecule has 0 radical (unpaired) electrons. The Hall–Kier alpha value is -2.58. The second-order valence-electron chi connectivity index (χ2n) is 6.80. The molecule has 1 aliphatic rings. The van der Waals surface area contributed by atoms with E-state index in [2.05, 4.69) is 5.32 Å². The van der Waals surface area contributed by atoms with Crippen molar-refractivity contribution in [2.75, 3.05) is 45.1 Å². The summed E-state index contributed by atoms with van der Waals surface area (Å²) in [6.07, 6.45) is 0.678. The minimum Gasteiger partial charge on any atom is -0.339 e. The van der Waals surface area contributed by atoms with Crippen molar-refractivity contribution in [3.8, 4) is 0 Å². The predicted octanol–water partition coefficient (Wildman–Crippen LogP) is 3.24. The minimum atomic E-state index is -0.216. The van der Waals surface area contributed by atoms with E-state index in [1.54, 1.807) is 47.2 Å². The zero-order valence-corrected chi connectivity index (χ0v) is 17.7. The summed E-state index contributed by atoms with van der Waals surface area (Å²) < 4.78 is 0. The van der Waals surface area contributed by atoms with E-state index in [9.17, 15) is 14.4 Å². The first-order chi connectivity index (χ1) is 13.9. The molecule has 1 saturated heterocycles. The zero-order chi connectivity index (χ0) is 20.8. The smallest absolute Gasteiger partial charge is 0.321 e. The minimum absolute atomic E-state index is 0.0193. The first-order valence-electron chi connectivity index (χ1n) is 9.32. The van der Waals surface area contributed by atoms with Gasteiger partial charge in [-0.25, -0.2) is 4.79 Å². The molecule has 0 unspecified atom stereocenters. The summed E-state index contributed by atoms with van der Waals surface area (Å²) >= 11 is 7.31. The zero-order valence-electron chi connectivity index (χ0n) is 16.1. The van der Waals surface area contributed by atoms with Crippen molar-refractivity contribution in [3.63, 3.8) is 0 Å². The number of carbonyl (C=O) groups is 3. The summed E-state index contributed by atoms with van der Waals surface area (Å²) in [5.41, 5.74) is 0.633. The third-order valence-corrected chi connectivity index (χ3v) is 5.76. The number of nitrogens with zero attached hydrogens (tertiary/aromatic N) is 3. The maximum absolute atomic E-state index is 12.6. The van der Waals surface area contributed by atoms with Gasteiger partial charge in [-0.15, -0.1) is 11.3 Å². The number of benzene rings is 1. The Kier molecular flexibility index (Phi) is 7.11. The number of likely N-dealkylation sites (N-methyl/N-ethyl adjacent to an activating group) is 1. The van der Waals surface area contributed by atoms with Crippen LogP contribution in [0.2, 0.25) is 5.02 Å². The highest BCUT2D eigenvalue weighted by molar-refractivity contribution is 7.12. The normalized spacial score (nSPS) is 14.3. The van der Waals surface area contributed by atoms with Gasteiger partial charge < -0.3 is 20.0 Å². The number of nitrogens with one attached hydrogen (secondary N) is 1. The van der Waals surface area contributed by atoms with Crippen LogP contribution in [0.25, 0.3) is 0 Å². The van der Waals surface area contributed by atoms with Gasteiger partial charge in [-0.3, -0.25) is 9.59 Å². The fourth-order valence-corrected chi connectivity index (χ4v) is 4.01. The molecular weight excluding hydrogens is 412 g/mol. The number of rotatable bonds is 4. The number of carbonyl (C=O) groups excluding carboxylic acids is 3. The number of hydrogen-bond acceptors (Lipinski definition) is 4. The lowest BCUT2D eigenvalue weighted by Crippen LogP contribution is -2.43. The van der Waals surface area contributed by atoms with Crippen LogP contribution in [0.1, 0.15) is 16.1 Å². The highest BCUT2D eigenvalue weighted by atomic mass is 35.5. The molecular formula is C20H23ClN4O3S. The van der Waals surface area contributed by atoms with Gasteiger partial charge in [0.25, 0.3) is 5.91 Å².